The highest BCUT2D eigenvalue weighted by Crippen LogP contribution is 2.45. The molecule has 0 bridgehead atoms. The molecule has 0 unspecified atom stereocenters. The van der Waals surface area contributed by atoms with Gasteiger partial charge in [0, 0.05) is 43.6 Å². The predicted molar refractivity (Wildman–Crippen MR) is 115 cm³/mol. The van der Waals surface area contributed by atoms with Crippen molar-refractivity contribution in [2.75, 3.05) is 36.9 Å². The molecule has 2 fully saturated rings. The minimum absolute atomic E-state index is 0.0625. The maximum Gasteiger partial charge on any atom is 0.321 e. The van der Waals surface area contributed by atoms with Crippen molar-refractivity contribution in [3.8, 4) is 0 Å². The Balaban J connectivity index is 1.48. The second-order valence-corrected chi connectivity index (χ2v) is 8.12. The van der Waals surface area contributed by atoms with E-state index in [1.165, 1.54) is 5.56 Å². The van der Waals surface area contributed by atoms with Crippen LogP contribution >= 0.6 is 0 Å². The Morgan fingerprint density at radius 2 is 1.90 bits per heavy atom. The topological polar surface area (TPSA) is 83.6 Å². The molecule has 2 aromatic rings. The van der Waals surface area contributed by atoms with E-state index in [2.05, 4.69) is 22.5 Å². The molecular weight excluding hydrogens is 380 g/mol. The highest BCUT2D eigenvalue weighted by atomic mass is 16.5. The highest BCUT2D eigenvalue weighted by molar-refractivity contribution is 5.95. The van der Waals surface area contributed by atoms with Crippen LogP contribution in [0.4, 0.5) is 16.2 Å². The summed E-state index contributed by atoms with van der Waals surface area (Å²) in [6, 6.07) is 11.3. The zero-order valence-corrected chi connectivity index (χ0v) is 17.3. The molecule has 158 valence electrons. The summed E-state index contributed by atoms with van der Waals surface area (Å²) in [5.41, 5.74) is 2.40. The molecule has 2 aliphatic rings. The molecule has 7 heteroatoms. The number of amides is 3. The number of pyridine rings is 1. The van der Waals surface area contributed by atoms with Crippen molar-refractivity contribution in [2.45, 2.75) is 26.2 Å². The highest BCUT2D eigenvalue weighted by Gasteiger charge is 2.51. The van der Waals surface area contributed by atoms with Crippen LogP contribution < -0.4 is 10.6 Å². The Kier molecular flexibility index (Phi) is 5.99. The molecule has 1 aromatic carbocycles. The molecule has 2 N–H and O–H groups in total. The first-order valence-corrected chi connectivity index (χ1v) is 10.5. The van der Waals surface area contributed by atoms with Gasteiger partial charge in [-0.05, 0) is 49.1 Å². The molecule has 0 aliphatic carbocycles. The predicted octanol–water partition coefficient (Wildman–Crippen LogP) is 3.54. The van der Waals surface area contributed by atoms with E-state index in [9.17, 15) is 9.59 Å². The van der Waals surface area contributed by atoms with Gasteiger partial charge in [-0.15, -0.1) is 0 Å². The minimum atomic E-state index is -0.283. The van der Waals surface area contributed by atoms with Crippen LogP contribution in [0.1, 0.15) is 25.3 Å². The number of hydrogen-bond donors (Lipinski definition) is 2. The smallest absolute Gasteiger partial charge is 0.321 e. The Labute approximate surface area is 176 Å². The summed E-state index contributed by atoms with van der Waals surface area (Å²) in [7, 11) is 0. The number of nitrogens with zero attached hydrogens (tertiary/aromatic N) is 2. The van der Waals surface area contributed by atoms with Crippen molar-refractivity contribution >= 4 is 23.3 Å². The van der Waals surface area contributed by atoms with Crippen LogP contribution in [0.25, 0.3) is 0 Å². The van der Waals surface area contributed by atoms with Gasteiger partial charge in [-0.2, -0.15) is 0 Å². The van der Waals surface area contributed by atoms with E-state index in [4.69, 9.17) is 4.74 Å². The number of ether oxygens (including phenoxy) is 1. The maximum atomic E-state index is 13.1. The van der Waals surface area contributed by atoms with E-state index in [-0.39, 0.29) is 23.3 Å². The number of likely N-dealkylation sites (tertiary alicyclic amines) is 1. The Morgan fingerprint density at radius 1 is 1.13 bits per heavy atom. The molecule has 3 amide bonds. The molecule has 0 radical (unpaired) electrons. The lowest BCUT2D eigenvalue weighted by Gasteiger charge is -2.37. The normalized spacial score (nSPS) is 20.2. The molecule has 1 aromatic heterocycles. The summed E-state index contributed by atoms with van der Waals surface area (Å²) in [6.45, 7) is 4.28. The van der Waals surface area contributed by atoms with Gasteiger partial charge in [0.25, 0.3) is 0 Å². The number of carbonyl (C=O) groups is 2. The number of nitrogens with one attached hydrogen (secondary N) is 2. The maximum absolute atomic E-state index is 13.1. The lowest BCUT2D eigenvalue weighted by Crippen LogP contribution is -2.42. The standard InChI is InChI=1S/C23H28N4O3/c1-2-17-5-7-18(8-6-17)26-22(29)27-15-20(23(16-27)9-12-30-13-10-23)21(28)25-19-4-3-11-24-14-19/h3-8,11,14,20H,2,9-10,12-13,15-16H2,1H3,(H,25,28)(H,26,29)/t20-/m1/s1. The molecule has 1 spiro atoms. The molecule has 0 saturated carbocycles. The summed E-state index contributed by atoms with van der Waals surface area (Å²) in [4.78, 5) is 31.9. The SMILES string of the molecule is CCc1ccc(NC(=O)N2C[C@H](C(=O)Nc3cccnc3)C3(CCOCC3)C2)cc1. The fourth-order valence-corrected chi connectivity index (χ4v) is 4.46. The first kappa shape index (κ1) is 20.3. The summed E-state index contributed by atoms with van der Waals surface area (Å²) < 4.78 is 5.55. The number of anilines is 2. The molecule has 2 aliphatic heterocycles. The Morgan fingerprint density at radius 3 is 2.57 bits per heavy atom. The van der Waals surface area contributed by atoms with Crippen molar-refractivity contribution in [3.05, 3.63) is 54.4 Å². The van der Waals surface area contributed by atoms with Crippen LogP contribution in [0.15, 0.2) is 48.8 Å². The molecule has 4 rings (SSSR count). The summed E-state index contributed by atoms with van der Waals surface area (Å²) in [6.07, 6.45) is 5.80. The third kappa shape index (κ3) is 4.31. The molecular formula is C23H28N4O3. The third-order valence-corrected chi connectivity index (χ3v) is 6.28. The fraction of sp³-hybridized carbons (Fsp3) is 0.435. The molecule has 1 atom stereocenters. The number of urea groups is 1. The molecule has 7 nitrogen and oxygen atoms in total. The van der Waals surface area contributed by atoms with E-state index < -0.39 is 0 Å². The third-order valence-electron chi connectivity index (χ3n) is 6.28. The van der Waals surface area contributed by atoms with Crippen molar-refractivity contribution in [1.82, 2.24) is 9.88 Å². The van der Waals surface area contributed by atoms with Crippen molar-refractivity contribution < 1.29 is 14.3 Å². The zero-order chi connectivity index (χ0) is 21.0. The summed E-state index contributed by atoms with van der Waals surface area (Å²) in [5.74, 6) is -0.345. The van der Waals surface area contributed by atoms with Crippen LogP contribution in [0.5, 0.6) is 0 Å². The van der Waals surface area contributed by atoms with Gasteiger partial charge in [0.15, 0.2) is 0 Å². The van der Waals surface area contributed by atoms with E-state index in [1.807, 2.05) is 30.3 Å². The number of carbonyl (C=O) groups excluding carboxylic acids is 2. The number of aryl methyl sites for hydroxylation is 1. The first-order chi connectivity index (χ1) is 14.6. The van der Waals surface area contributed by atoms with Crippen molar-refractivity contribution in [1.29, 1.82) is 0 Å². The second kappa shape index (κ2) is 8.83. The lowest BCUT2D eigenvalue weighted by atomic mass is 9.71. The largest absolute Gasteiger partial charge is 0.381 e. The first-order valence-electron chi connectivity index (χ1n) is 10.5. The number of benzene rings is 1. The Hall–Kier alpha value is -2.93. The number of rotatable bonds is 4. The van der Waals surface area contributed by atoms with Gasteiger partial charge in [-0.25, -0.2) is 4.79 Å². The average Bonchev–Trinajstić information content (AvgIpc) is 3.14. The van der Waals surface area contributed by atoms with Gasteiger partial charge >= 0.3 is 6.03 Å². The van der Waals surface area contributed by atoms with Gasteiger partial charge in [0.05, 0.1) is 17.8 Å². The Bertz CT molecular complexity index is 879. The summed E-state index contributed by atoms with van der Waals surface area (Å²) >= 11 is 0. The van der Waals surface area contributed by atoms with E-state index >= 15 is 0 Å². The van der Waals surface area contributed by atoms with E-state index in [0.29, 0.717) is 32.0 Å². The summed E-state index contributed by atoms with van der Waals surface area (Å²) in [5, 5.41) is 5.96. The fourth-order valence-electron chi connectivity index (χ4n) is 4.46. The van der Waals surface area contributed by atoms with Gasteiger partial charge < -0.3 is 20.3 Å². The lowest BCUT2D eigenvalue weighted by molar-refractivity contribution is -0.124. The minimum Gasteiger partial charge on any atom is -0.381 e. The number of aromatic nitrogens is 1. The molecule has 2 saturated heterocycles. The van der Waals surface area contributed by atoms with Crippen LogP contribution in [-0.4, -0.2) is 48.1 Å². The number of hydrogen-bond acceptors (Lipinski definition) is 4. The second-order valence-electron chi connectivity index (χ2n) is 8.12. The van der Waals surface area contributed by atoms with Crippen LogP contribution in [0.2, 0.25) is 0 Å². The van der Waals surface area contributed by atoms with Gasteiger partial charge in [0.1, 0.15) is 0 Å². The van der Waals surface area contributed by atoms with Crippen LogP contribution in [-0.2, 0) is 16.0 Å². The zero-order valence-electron chi connectivity index (χ0n) is 17.3. The van der Waals surface area contributed by atoms with E-state index in [1.54, 1.807) is 23.4 Å². The van der Waals surface area contributed by atoms with Gasteiger partial charge in [-0.3, -0.25) is 9.78 Å². The van der Waals surface area contributed by atoms with Crippen LogP contribution in [0.3, 0.4) is 0 Å². The van der Waals surface area contributed by atoms with Gasteiger partial charge in [-0.1, -0.05) is 19.1 Å². The quantitative estimate of drug-likeness (QED) is 0.811. The van der Waals surface area contributed by atoms with Crippen LogP contribution in [0, 0.1) is 11.3 Å². The van der Waals surface area contributed by atoms with Crippen molar-refractivity contribution in [3.63, 3.8) is 0 Å². The monoisotopic (exact) mass is 408 g/mol. The van der Waals surface area contributed by atoms with Gasteiger partial charge in [0.2, 0.25) is 5.91 Å². The average molecular weight is 409 g/mol. The van der Waals surface area contributed by atoms with Crippen molar-refractivity contribution in [2.24, 2.45) is 11.3 Å². The molecule has 30 heavy (non-hydrogen) atoms. The van der Waals surface area contributed by atoms with E-state index in [0.717, 1.165) is 24.9 Å². The molecule has 3 heterocycles.